The topological polar surface area (TPSA) is 72.2 Å². The largest absolute Gasteiger partial charge is 0.329 e. The van der Waals surface area contributed by atoms with Gasteiger partial charge in [0.25, 0.3) is 0 Å². The fourth-order valence-electron chi connectivity index (χ4n) is 1.45. The van der Waals surface area contributed by atoms with E-state index in [1.54, 1.807) is 13.8 Å². The van der Waals surface area contributed by atoms with Crippen molar-refractivity contribution in [2.24, 2.45) is 11.7 Å². The van der Waals surface area contributed by atoms with Crippen LogP contribution in [0.4, 0.5) is 8.78 Å². The van der Waals surface area contributed by atoms with Crippen LogP contribution in [0.1, 0.15) is 13.8 Å². The van der Waals surface area contributed by atoms with Gasteiger partial charge >= 0.3 is 0 Å². The van der Waals surface area contributed by atoms with Crippen LogP contribution in [-0.4, -0.2) is 21.0 Å². The molecule has 0 aliphatic rings. The van der Waals surface area contributed by atoms with Gasteiger partial charge in [0.05, 0.1) is 0 Å². The predicted molar refractivity (Wildman–Crippen MR) is 64.4 cm³/mol. The first-order valence-electron chi connectivity index (χ1n) is 5.46. The van der Waals surface area contributed by atoms with E-state index in [2.05, 4.69) is 4.72 Å². The Kier molecular flexibility index (Phi) is 4.78. The second-order valence-electron chi connectivity index (χ2n) is 4.26. The van der Waals surface area contributed by atoms with Gasteiger partial charge in [0.1, 0.15) is 11.6 Å². The van der Waals surface area contributed by atoms with Gasteiger partial charge in [-0.05, 0) is 18.1 Å². The Morgan fingerprint density at radius 3 is 2.17 bits per heavy atom. The summed E-state index contributed by atoms with van der Waals surface area (Å²) < 4.78 is 52.8. The van der Waals surface area contributed by atoms with E-state index in [1.165, 1.54) is 0 Å². The predicted octanol–water partition coefficient (Wildman–Crippen LogP) is 1.23. The zero-order chi connectivity index (χ0) is 13.9. The maximum atomic E-state index is 13.4. The third kappa shape index (κ3) is 3.24. The van der Waals surface area contributed by atoms with Crippen LogP contribution in [0.25, 0.3) is 0 Å². The van der Waals surface area contributed by atoms with Crippen LogP contribution >= 0.6 is 0 Å². The lowest BCUT2D eigenvalue weighted by Crippen LogP contribution is -2.44. The van der Waals surface area contributed by atoms with E-state index in [0.29, 0.717) is 0 Å². The van der Waals surface area contributed by atoms with Crippen LogP contribution in [-0.2, 0) is 10.0 Å². The van der Waals surface area contributed by atoms with E-state index < -0.39 is 32.6 Å². The number of benzene rings is 1. The molecule has 1 atom stereocenters. The van der Waals surface area contributed by atoms with Gasteiger partial charge in [0.15, 0.2) is 4.90 Å². The number of sulfonamides is 1. The first-order chi connectivity index (χ1) is 8.29. The number of nitrogens with one attached hydrogen (secondary N) is 1. The van der Waals surface area contributed by atoms with Crippen molar-refractivity contribution in [3.63, 3.8) is 0 Å². The van der Waals surface area contributed by atoms with Gasteiger partial charge in [0.2, 0.25) is 10.0 Å². The van der Waals surface area contributed by atoms with E-state index in [1.807, 2.05) is 0 Å². The Morgan fingerprint density at radius 1 is 1.28 bits per heavy atom. The highest BCUT2D eigenvalue weighted by Crippen LogP contribution is 2.19. The summed E-state index contributed by atoms with van der Waals surface area (Å²) in [6.45, 7) is 3.57. The van der Waals surface area contributed by atoms with Gasteiger partial charge < -0.3 is 5.73 Å². The van der Waals surface area contributed by atoms with E-state index in [9.17, 15) is 17.2 Å². The molecule has 102 valence electrons. The highest BCUT2D eigenvalue weighted by Gasteiger charge is 2.27. The van der Waals surface area contributed by atoms with Crippen molar-refractivity contribution in [3.8, 4) is 0 Å². The standard InChI is InChI=1S/C11H16F2N2O2S/c1-7(2)10(6-14)15-18(16,17)11-8(12)4-3-5-9(11)13/h3-5,7,10,15H,6,14H2,1-2H3. The fourth-order valence-corrected chi connectivity index (χ4v) is 2.99. The molecule has 3 N–H and O–H groups in total. The molecule has 0 fully saturated rings. The van der Waals surface area contributed by atoms with Crippen LogP contribution in [0.3, 0.4) is 0 Å². The minimum atomic E-state index is -4.26. The average Bonchev–Trinajstić information content (AvgIpc) is 2.25. The number of hydrogen-bond donors (Lipinski definition) is 2. The van der Waals surface area contributed by atoms with E-state index in [-0.39, 0.29) is 12.5 Å². The number of nitrogens with two attached hydrogens (primary N) is 1. The van der Waals surface area contributed by atoms with Crippen LogP contribution < -0.4 is 10.5 Å². The molecule has 1 aromatic rings. The van der Waals surface area contributed by atoms with E-state index in [4.69, 9.17) is 5.73 Å². The second kappa shape index (κ2) is 5.73. The molecule has 7 heteroatoms. The summed E-state index contributed by atoms with van der Waals surface area (Å²) in [5, 5.41) is 0. The monoisotopic (exact) mass is 278 g/mol. The highest BCUT2D eigenvalue weighted by molar-refractivity contribution is 7.89. The molecular formula is C11H16F2N2O2S. The normalized spacial score (nSPS) is 13.9. The molecule has 0 radical (unpaired) electrons. The Balaban J connectivity index is 3.15. The van der Waals surface area contributed by atoms with Crippen molar-refractivity contribution in [1.29, 1.82) is 0 Å². The second-order valence-corrected chi connectivity index (χ2v) is 5.91. The number of halogens is 2. The van der Waals surface area contributed by atoms with Gasteiger partial charge in [-0.1, -0.05) is 19.9 Å². The van der Waals surface area contributed by atoms with E-state index >= 15 is 0 Å². The molecule has 0 bridgehead atoms. The lowest BCUT2D eigenvalue weighted by Gasteiger charge is -2.20. The third-order valence-corrected chi connectivity index (χ3v) is 4.09. The molecule has 0 spiro atoms. The molecule has 0 saturated heterocycles. The summed E-state index contributed by atoms with van der Waals surface area (Å²) >= 11 is 0. The van der Waals surface area contributed by atoms with Crippen molar-refractivity contribution in [2.45, 2.75) is 24.8 Å². The molecule has 0 aliphatic heterocycles. The molecular weight excluding hydrogens is 262 g/mol. The SMILES string of the molecule is CC(C)C(CN)NS(=O)(=O)c1c(F)cccc1F. The summed E-state index contributed by atoms with van der Waals surface area (Å²) in [6.07, 6.45) is 0. The summed E-state index contributed by atoms with van der Waals surface area (Å²) in [7, 11) is -4.26. The van der Waals surface area contributed by atoms with Crippen molar-refractivity contribution in [3.05, 3.63) is 29.8 Å². The molecule has 0 amide bonds. The van der Waals surface area contributed by atoms with Crippen molar-refractivity contribution < 1.29 is 17.2 Å². The maximum absolute atomic E-state index is 13.4. The summed E-state index contributed by atoms with van der Waals surface area (Å²) in [5.41, 5.74) is 5.42. The van der Waals surface area contributed by atoms with E-state index in [0.717, 1.165) is 18.2 Å². The van der Waals surface area contributed by atoms with Crippen LogP contribution in [0.15, 0.2) is 23.1 Å². The highest BCUT2D eigenvalue weighted by atomic mass is 32.2. The molecule has 0 saturated carbocycles. The molecule has 0 aliphatic carbocycles. The summed E-state index contributed by atoms with van der Waals surface area (Å²) in [4.78, 5) is -0.968. The average molecular weight is 278 g/mol. The lowest BCUT2D eigenvalue weighted by atomic mass is 10.1. The minimum Gasteiger partial charge on any atom is -0.329 e. The van der Waals surface area contributed by atoms with Crippen LogP contribution in [0.2, 0.25) is 0 Å². The molecule has 18 heavy (non-hydrogen) atoms. The lowest BCUT2D eigenvalue weighted by molar-refractivity contribution is 0.448. The molecule has 1 unspecified atom stereocenters. The Bertz CT molecular complexity index is 498. The quantitative estimate of drug-likeness (QED) is 0.851. The van der Waals surface area contributed by atoms with Gasteiger partial charge in [-0.25, -0.2) is 21.9 Å². The zero-order valence-corrected chi connectivity index (χ0v) is 11.0. The first kappa shape index (κ1) is 15.0. The molecule has 1 aromatic carbocycles. The zero-order valence-electron chi connectivity index (χ0n) is 10.2. The Labute approximate surface area is 105 Å². The van der Waals surface area contributed by atoms with Crippen molar-refractivity contribution in [1.82, 2.24) is 4.72 Å². The first-order valence-corrected chi connectivity index (χ1v) is 6.94. The van der Waals surface area contributed by atoms with Gasteiger partial charge in [-0.15, -0.1) is 0 Å². The van der Waals surface area contributed by atoms with Gasteiger partial charge in [0, 0.05) is 12.6 Å². The summed E-state index contributed by atoms with van der Waals surface area (Å²) in [5.74, 6) is -2.33. The van der Waals surface area contributed by atoms with Crippen molar-refractivity contribution >= 4 is 10.0 Å². The molecule has 0 aromatic heterocycles. The maximum Gasteiger partial charge on any atom is 0.246 e. The fraction of sp³-hybridized carbons (Fsp3) is 0.455. The van der Waals surface area contributed by atoms with Gasteiger partial charge in [-0.3, -0.25) is 0 Å². The van der Waals surface area contributed by atoms with Gasteiger partial charge in [-0.2, -0.15) is 0 Å². The van der Waals surface area contributed by atoms with Crippen LogP contribution in [0, 0.1) is 17.6 Å². The number of hydrogen-bond acceptors (Lipinski definition) is 3. The minimum absolute atomic E-state index is 0.0486. The number of rotatable bonds is 5. The Morgan fingerprint density at radius 2 is 1.78 bits per heavy atom. The van der Waals surface area contributed by atoms with Crippen LogP contribution in [0.5, 0.6) is 0 Å². The molecule has 1 rings (SSSR count). The Hall–Kier alpha value is -1.05. The summed E-state index contributed by atoms with van der Waals surface area (Å²) in [6, 6.07) is 2.32. The third-order valence-electron chi connectivity index (χ3n) is 2.55. The smallest absolute Gasteiger partial charge is 0.246 e. The van der Waals surface area contributed by atoms with Crippen molar-refractivity contribution in [2.75, 3.05) is 6.54 Å². The molecule has 4 nitrogen and oxygen atoms in total. The molecule has 0 heterocycles.